The summed E-state index contributed by atoms with van der Waals surface area (Å²) in [5, 5.41) is 7.81. The zero-order chi connectivity index (χ0) is 10.8. The van der Waals surface area contributed by atoms with Crippen LogP contribution in [0.2, 0.25) is 0 Å². The highest BCUT2D eigenvalue weighted by Crippen LogP contribution is 2.44. The molecular formula is C12H19N3. The van der Waals surface area contributed by atoms with E-state index in [2.05, 4.69) is 35.5 Å². The van der Waals surface area contributed by atoms with Crippen LogP contribution >= 0.6 is 0 Å². The third kappa shape index (κ3) is 2.06. The van der Waals surface area contributed by atoms with Gasteiger partial charge in [-0.1, -0.05) is 6.08 Å². The molecule has 1 aliphatic carbocycles. The normalized spacial score (nSPS) is 15.7. The summed E-state index contributed by atoms with van der Waals surface area (Å²) in [7, 11) is 0. The van der Waals surface area contributed by atoms with Crippen molar-refractivity contribution in [2.24, 2.45) is 0 Å². The minimum atomic E-state index is 0.444. The van der Waals surface area contributed by atoms with Crippen LogP contribution in [0.5, 0.6) is 0 Å². The molecule has 1 aromatic rings. The summed E-state index contributed by atoms with van der Waals surface area (Å²) in [6, 6.07) is 0.444. The van der Waals surface area contributed by atoms with Crippen molar-refractivity contribution < 1.29 is 0 Å². The molecule has 2 rings (SSSR count). The molecule has 0 amide bonds. The molecule has 1 fully saturated rings. The lowest BCUT2D eigenvalue weighted by molar-refractivity contribution is 0.510. The van der Waals surface area contributed by atoms with E-state index in [1.54, 1.807) is 0 Å². The summed E-state index contributed by atoms with van der Waals surface area (Å²) >= 11 is 0. The maximum Gasteiger partial charge on any atom is 0.0764 e. The molecule has 82 valence electrons. The molecule has 0 radical (unpaired) electrons. The van der Waals surface area contributed by atoms with Gasteiger partial charge in [-0.05, 0) is 26.7 Å². The van der Waals surface area contributed by atoms with Gasteiger partial charge in [-0.2, -0.15) is 5.10 Å². The summed E-state index contributed by atoms with van der Waals surface area (Å²) in [5.41, 5.74) is 2.57. The maximum atomic E-state index is 4.45. The summed E-state index contributed by atoms with van der Waals surface area (Å²) in [6.07, 6.45) is 6.43. The van der Waals surface area contributed by atoms with Gasteiger partial charge in [0.1, 0.15) is 0 Å². The molecule has 0 aliphatic heterocycles. The first-order valence-corrected chi connectivity index (χ1v) is 5.66. The molecule has 0 aromatic carbocycles. The molecule has 0 saturated heterocycles. The Morgan fingerprint density at radius 1 is 1.67 bits per heavy atom. The van der Waals surface area contributed by atoms with E-state index < -0.39 is 0 Å². The number of aromatic nitrogens is 2. The molecule has 3 heteroatoms. The molecule has 3 nitrogen and oxygen atoms in total. The Morgan fingerprint density at radius 2 is 2.40 bits per heavy atom. The second kappa shape index (κ2) is 4.09. The Hall–Kier alpha value is -1.25. The van der Waals surface area contributed by atoms with Gasteiger partial charge >= 0.3 is 0 Å². The molecule has 0 atom stereocenters. The number of nitrogens with zero attached hydrogens (tertiary/aromatic N) is 2. The van der Waals surface area contributed by atoms with E-state index >= 15 is 0 Å². The molecule has 1 heterocycles. The second-order valence-corrected chi connectivity index (χ2v) is 4.43. The van der Waals surface area contributed by atoms with Crippen LogP contribution in [0.4, 0.5) is 5.69 Å². The van der Waals surface area contributed by atoms with Crippen molar-refractivity contribution in [1.29, 1.82) is 0 Å². The van der Waals surface area contributed by atoms with Crippen molar-refractivity contribution in [1.82, 2.24) is 9.78 Å². The highest BCUT2D eigenvalue weighted by atomic mass is 15.3. The molecule has 0 spiro atoms. The van der Waals surface area contributed by atoms with E-state index in [-0.39, 0.29) is 0 Å². The van der Waals surface area contributed by atoms with Crippen LogP contribution in [0.3, 0.4) is 0 Å². The highest BCUT2D eigenvalue weighted by Gasteiger charge is 2.30. The average Bonchev–Trinajstić information content (AvgIpc) is 2.95. The molecule has 1 aliphatic rings. The van der Waals surface area contributed by atoms with Crippen molar-refractivity contribution in [3.05, 3.63) is 24.5 Å². The van der Waals surface area contributed by atoms with Crippen LogP contribution in [-0.2, 0) is 0 Å². The van der Waals surface area contributed by atoms with Gasteiger partial charge in [-0.3, -0.25) is 4.68 Å². The third-order valence-corrected chi connectivity index (χ3v) is 2.72. The minimum Gasteiger partial charge on any atom is -0.379 e. The predicted molar refractivity (Wildman–Crippen MR) is 63.3 cm³/mol. The topological polar surface area (TPSA) is 29.9 Å². The molecule has 0 bridgehead atoms. The standard InChI is InChI=1S/C12H19N3/c1-4-7-13-11-8-14-15(9(2)3)12(11)10-5-6-10/h4,8-10,13H,1,5-7H2,2-3H3. The van der Waals surface area contributed by atoms with E-state index in [1.165, 1.54) is 24.2 Å². The molecule has 1 aromatic heterocycles. The molecule has 15 heavy (non-hydrogen) atoms. The van der Waals surface area contributed by atoms with Gasteiger partial charge in [0.15, 0.2) is 0 Å². The smallest absolute Gasteiger partial charge is 0.0764 e. The van der Waals surface area contributed by atoms with Crippen LogP contribution in [0, 0.1) is 0 Å². The molecule has 1 saturated carbocycles. The molecule has 1 N–H and O–H groups in total. The van der Waals surface area contributed by atoms with Crippen molar-refractivity contribution >= 4 is 5.69 Å². The van der Waals surface area contributed by atoms with Gasteiger partial charge in [-0.15, -0.1) is 6.58 Å². The Bertz CT molecular complexity index is 348. The monoisotopic (exact) mass is 205 g/mol. The van der Waals surface area contributed by atoms with Crippen LogP contribution in [-0.4, -0.2) is 16.3 Å². The largest absolute Gasteiger partial charge is 0.379 e. The fourth-order valence-electron chi connectivity index (χ4n) is 1.87. The summed E-state index contributed by atoms with van der Waals surface area (Å²) < 4.78 is 2.14. The lowest BCUT2D eigenvalue weighted by Crippen LogP contribution is -2.08. The summed E-state index contributed by atoms with van der Waals surface area (Å²) in [6.45, 7) is 8.88. The Morgan fingerprint density at radius 3 is 2.93 bits per heavy atom. The number of rotatable bonds is 5. The lowest BCUT2D eigenvalue weighted by Gasteiger charge is -2.12. The van der Waals surface area contributed by atoms with Gasteiger partial charge in [-0.25, -0.2) is 0 Å². The van der Waals surface area contributed by atoms with Crippen molar-refractivity contribution in [2.75, 3.05) is 11.9 Å². The predicted octanol–water partition coefficient (Wildman–Crippen LogP) is 2.94. The first-order chi connectivity index (χ1) is 7.24. The Labute approximate surface area is 91.2 Å². The first kappa shape index (κ1) is 10.3. The van der Waals surface area contributed by atoms with Crippen molar-refractivity contribution in [3.8, 4) is 0 Å². The van der Waals surface area contributed by atoms with Crippen LogP contribution < -0.4 is 5.32 Å². The number of nitrogens with one attached hydrogen (secondary N) is 1. The zero-order valence-electron chi connectivity index (χ0n) is 9.53. The van der Waals surface area contributed by atoms with Crippen molar-refractivity contribution in [3.63, 3.8) is 0 Å². The van der Waals surface area contributed by atoms with Crippen molar-refractivity contribution in [2.45, 2.75) is 38.6 Å². The second-order valence-electron chi connectivity index (χ2n) is 4.43. The third-order valence-electron chi connectivity index (χ3n) is 2.72. The summed E-state index contributed by atoms with van der Waals surface area (Å²) in [5.74, 6) is 0.724. The van der Waals surface area contributed by atoms with E-state index in [0.717, 1.165) is 12.5 Å². The number of hydrogen-bond acceptors (Lipinski definition) is 2. The minimum absolute atomic E-state index is 0.444. The maximum absolute atomic E-state index is 4.45. The van der Waals surface area contributed by atoms with Gasteiger partial charge in [0.25, 0.3) is 0 Å². The fourth-order valence-corrected chi connectivity index (χ4v) is 1.87. The lowest BCUT2D eigenvalue weighted by atomic mass is 10.2. The van der Waals surface area contributed by atoms with Gasteiger partial charge in [0.2, 0.25) is 0 Å². The van der Waals surface area contributed by atoms with E-state index in [9.17, 15) is 0 Å². The first-order valence-electron chi connectivity index (χ1n) is 5.66. The zero-order valence-corrected chi connectivity index (χ0v) is 9.53. The quantitative estimate of drug-likeness (QED) is 0.749. The van der Waals surface area contributed by atoms with Gasteiger partial charge < -0.3 is 5.32 Å². The average molecular weight is 205 g/mol. The summed E-state index contributed by atoms with van der Waals surface area (Å²) in [4.78, 5) is 0. The molecular weight excluding hydrogens is 186 g/mol. The van der Waals surface area contributed by atoms with E-state index in [1.807, 2.05) is 12.3 Å². The van der Waals surface area contributed by atoms with Crippen LogP contribution in [0.25, 0.3) is 0 Å². The van der Waals surface area contributed by atoms with E-state index in [0.29, 0.717) is 6.04 Å². The SMILES string of the molecule is C=CCNc1cnn(C(C)C)c1C1CC1. The number of anilines is 1. The Balaban J connectivity index is 2.25. The fraction of sp³-hybridized carbons (Fsp3) is 0.583. The van der Waals surface area contributed by atoms with Crippen LogP contribution in [0.1, 0.15) is 44.3 Å². The van der Waals surface area contributed by atoms with Crippen LogP contribution in [0.15, 0.2) is 18.9 Å². The Kier molecular flexibility index (Phi) is 2.80. The van der Waals surface area contributed by atoms with Gasteiger partial charge in [0.05, 0.1) is 17.6 Å². The van der Waals surface area contributed by atoms with E-state index in [4.69, 9.17) is 0 Å². The highest BCUT2D eigenvalue weighted by molar-refractivity contribution is 5.50. The molecule has 0 unspecified atom stereocenters. The number of hydrogen-bond donors (Lipinski definition) is 1. The van der Waals surface area contributed by atoms with Gasteiger partial charge in [0, 0.05) is 18.5 Å².